The van der Waals surface area contributed by atoms with Crippen molar-refractivity contribution >= 4 is 36.1 Å². The Balaban J connectivity index is 1.45. The number of amides is 1. The average molecular weight is 534 g/mol. The monoisotopic (exact) mass is 533 g/mol. The fourth-order valence-corrected chi connectivity index (χ4v) is 4.11. The van der Waals surface area contributed by atoms with Gasteiger partial charge in [0.1, 0.15) is 18.1 Å². The number of thioether (sulfide) groups is 1. The number of para-hydroxylation sites is 2. The molecule has 0 aliphatic heterocycles. The zero-order valence-electron chi connectivity index (χ0n) is 20.9. The number of nitrogens with one attached hydrogen (secondary N) is 1. The van der Waals surface area contributed by atoms with Crippen molar-refractivity contribution in [3.63, 3.8) is 0 Å². The molecule has 0 saturated carbocycles. The average Bonchev–Trinajstić information content (AvgIpc) is 2.93. The van der Waals surface area contributed by atoms with Gasteiger partial charge in [-0.2, -0.15) is 0 Å². The van der Waals surface area contributed by atoms with Crippen LogP contribution in [0.3, 0.4) is 0 Å². The van der Waals surface area contributed by atoms with E-state index in [-0.39, 0.29) is 42.1 Å². The van der Waals surface area contributed by atoms with Crippen LogP contribution < -0.4 is 5.32 Å². The summed E-state index contributed by atoms with van der Waals surface area (Å²) in [6.45, 7) is 0.985. The van der Waals surface area contributed by atoms with E-state index in [1.54, 1.807) is 48.8 Å². The lowest BCUT2D eigenvalue weighted by atomic mass is 10.2. The van der Waals surface area contributed by atoms with E-state index >= 15 is 0 Å². The fourth-order valence-electron chi connectivity index (χ4n) is 3.25. The van der Waals surface area contributed by atoms with Crippen molar-refractivity contribution in [1.29, 1.82) is 0 Å². The smallest absolute Gasteiger partial charge is 0.306 e. The highest BCUT2D eigenvalue weighted by Gasteiger charge is 2.11. The normalized spacial score (nSPS) is 12.0. The highest BCUT2D eigenvalue weighted by atomic mass is 32.2. The number of esters is 1. The van der Waals surface area contributed by atoms with Crippen LogP contribution >= 0.6 is 11.8 Å². The van der Waals surface area contributed by atoms with Gasteiger partial charge in [0.2, 0.25) is 5.91 Å². The van der Waals surface area contributed by atoms with Gasteiger partial charge in [0, 0.05) is 35.2 Å². The van der Waals surface area contributed by atoms with Crippen molar-refractivity contribution in [1.82, 2.24) is 5.32 Å². The topological polar surface area (TPSA) is 121 Å². The maximum Gasteiger partial charge on any atom is 0.306 e. The number of phenols is 2. The minimum Gasteiger partial charge on any atom is -0.507 e. The van der Waals surface area contributed by atoms with Crippen LogP contribution in [0.1, 0.15) is 29.5 Å². The lowest BCUT2D eigenvalue weighted by Crippen LogP contribution is -2.26. The second-order valence-electron chi connectivity index (χ2n) is 8.29. The van der Waals surface area contributed by atoms with Gasteiger partial charge in [-0.1, -0.05) is 54.6 Å². The molecule has 0 unspecified atom stereocenters. The van der Waals surface area contributed by atoms with Crippen molar-refractivity contribution in [2.75, 3.05) is 19.0 Å². The van der Waals surface area contributed by atoms with Gasteiger partial charge in [0.15, 0.2) is 0 Å². The molecule has 0 aliphatic carbocycles. The number of aromatic hydroxyl groups is 2. The minimum absolute atomic E-state index is 0.00247. The number of benzene rings is 3. The molecule has 0 radical (unpaired) electrons. The molecule has 0 aliphatic rings. The molecule has 0 bridgehead atoms. The Morgan fingerprint density at radius 1 is 0.816 bits per heavy atom. The van der Waals surface area contributed by atoms with Gasteiger partial charge in [-0.3, -0.25) is 19.6 Å². The molecule has 3 aromatic rings. The molecule has 38 heavy (non-hydrogen) atoms. The van der Waals surface area contributed by atoms with Gasteiger partial charge in [0.05, 0.1) is 25.4 Å². The third-order valence-electron chi connectivity index (χ3n) is 5.34. The van der Waals surface area contributed by atoms with Crippen molar-refractivity contribution in [2.45, 2.75) is 24.7 Å². The van der Waals surface area contributed by atoms with Crippen LogP contribution in [-0.4, -0.2) is 58.7 Å². The van der Waals surface area contributed by atoms with Crippen molar-refractivity contribution in [3.05, 3.63) is 95.6 Å². The summed E-state index contributed by atoms with van der Waals surface area (Å²) in [5.41, 5.74) is 2.12. The first-order valence-corrected chi connectivity index (χ1v) is 13.2. The second kappa shape index (κ2) is 15.9. The first-order valence-electron chi connectivity index (χ1n) is 12.1. The molecule has 0 saturated heterocycles. The lowest BCUT2D eigenvalue weighted by molar-refractivity contribution is -0.146. The summed E-state index contributed by atoms with van der Waals surface area (Å²) >= 11 is 1.47. The number of ether oxygens (including phenoxy) is 1. The Hall–Kier alpha value is -4.11. The zero-order chi connectivity index (χ0) is 27.0. The molecular formula is C29H31N3O5S. The van der Waals surface area contributed by atoms with Crippen LogP contribution in [0.15, 0.2) is 88.8 Å². The first-order chi connectivity index (χ1) is 18.5. The molecule has 3 aromatic carbocycles. The fraction of sp³-hybridized carbons (Fsp3) is 0.241. The maximum atomic E-state index is 12.2. The number of nitrogens with zero attached hydrogens (tertiary/aromatic N) is 2. The Bertz CT molecular complexity index is 1180. The molecule has 3 N–H and O–H groups in total. The van der Waals surface area contributed by atoms with E-state index in [0.29, 0.717) is 30.1 Å². The molecule has 8 nitrogen and oxygen atoms in total. The number of phenolic OH excluding ortho intramolecular Hbond substituents is 2. The minimum atomic E-state index is -0.425. The highest BCUT2D eigenvalue weighted by molar-refractivity contribution is 7.99. The summed E-state index contributed by atoms with van der Waals surface area (Å²) < 4.78 is 5.21. The van der Waals surface area contributed by atoms with Gasteiger partial charge >= 0.3 is 5.97 Å². The molecule has 198 valence electrons. The van der Waals surface area contributed by atoms with Crippen LogP contribution in [0.5, 0.6) is 11.5 Å². The summed E-state index contributed by atoms with van der Waals surface area (Å²) in [7, 11) is 0. The number of hydrogen-bond donors (Lipinski definition) is 3. The summed E-state index contributed by atoms with van der Waals surface area (Å²) in [5.74, 6) is -0.0594. The Morgan fingerprint density at radius 3 is 1.95 bits per heavy atom. The summed E-state index contributed by atoms with van der Waals surface area (Å²) in [6, 6.07) is 23.2. The van der Waals surface area contributed by atoms with Gasteiger partial charge in [0.25, 0.3) is 0 Å². The van der Waals surface area contributed by atoms with Gasteiger partial charge in [-0.15, -0.1) is 11.8 Å². The lowest BCUT2D eigenvalue weighted by Gasteiger charge is -2.13. The Labute approximate surface area is 226 Å². The van der Waals surface area contributed by atoms with Crippen molar-refractivity contribution < 1.29 is 24.5 Å². The summed E-state index contributed by atoms with van der Waals surface area (Å²) in [6.07, 6.45) is 3.25. The van der Waals surface area contributed by atoms with E-state index in [0.717, 1.165) is 5.56 Å². The number of carbonyl (C=O) groups is 2. The van der Waals surface area contributed by atoms with Crippen LogP contribution in [0.4, 0.5) is 0 Å². The molecule has 0 fully saturated rings. The molecule has 3 rings (SSSR count). The number of carbonyl (C=O) groups excluding carboxylic acids is 2. The molecule has 9 heteroatoms. The Kier molecular flexibility index (Phi) is 11.9. The van der Waals surface area contributed by atoms with E-state index in [2.05, 4.69) is 15.3 Å². The van der Waals surface area contributed by atoms with Gasteiger partial charge in [-0.05, 0) is 29.8 Å². The SMILES string of the molecule is O=C(CCC(=O)OCc1ccccc1)NCSC(CN=Cc1ccccc1O)CN=Cc1ccccc1O. The van der Waals surface area contributed by atoms with Crippen molar-refractivity contribution in [2.24, 2.45) is 9.98 Å². The summed E-state index contributed by atoms with van der Waals surface area (Å²) in [4.78, 5) is 33.1. The number of aliphatic imine (C=N–C) groups is 2. The first kappa shape index (κ1) is 28.5. The predicted molar refractivity (Wildman–Crippen MR) is 151 cm³/mol. The summed E-state index contributed by atoms with van der Waals surface area (Å²) in [5, 5.41) is 22.6. The van der Waals surface area contributed by atoms with Crippen LogP contribution in [-0.2, 0) is 20.9 Å². The van der Waals surface area contributed by atoms with Crippen LogP contribution in [0.25, 0.3) is 0 Å². The molecule has 0 atom stereocenters. The number of rotatable bonds is 14. The molecular weight excluding hydrogens is 502 g/mol. The molecule has 1 amide bonds. The standard InChI is InChI=1S/C29H31N3O5S/c33-26-12-6-4-10-23(26)16-30-18-25(19-31-17-24-11-5-7-13-27(24)34)38-21-32-28(35)14-15-29(36)37-20-22-8-2-1-3-9-22/h1-13,16-17,25,33-34H,14-15,18-21H2,(H,32,35). The van der Waals surface area contributed by atoms with E-state index in [9.17, 15) is 19.8 Å². The Morgan fingerprint density at radius 2 is 1.37 bits per heavy atom. The van der Waals surface area contributed by atoms with E-state index in [1.165, 1.54) is 11.8 Å². The highest BCUT2D eigenvalue weighted by Crippen LogP contribution is 2.16. The second-order valence-corrected chi connectivity index (χ2v) is 9.57. The zero-order valence-corrected chi connectivity index (χ0v) is 21.7. The van der Waals surface area contributed by atoms with E-state index < -0.39 is 5.97 Å². The number of hydrogen-bond acceptors (Lipinski definition) is 8. The van der Waals surface area contributed by atoms with E-state index in [1.807, 2.05) is 42.5 Å². The predicted octanol–water partition coefficient (Wildman–Crippen LogP) is 4.33. The van der Waals surface area contributed by atoms with Gasteiger partial charge in [-0.25, -0.2) is 0 Å². The van der Waals surface area contributed by atoms with Gasteiger partial charge < -0.3 is 20.3 Å². The van der Waals surface area contributed by atoms with E-state index in [4.69, 9.17) is 4.74 Å². The quantitative estimate of drug-likeness (QED) is 0.161. The van der Waals surface area contributed by atoms with Crippen LogP contribution in [0, 0.1) is 0 Å². The largest absolute Gasteiger partial charge is 0.507 e. The molecule has 0 heterocycles. The third-order valence-corrected chi connectivity index (χ3v) is 6.42. The van der Waals surface area contributed by atoms with Crippen LogP contribution in [0.2, 0.25) is 0 Å². The maximum absolute atomic E-state index is 12.2. The molecule has 0 spiro atoms. The van der Waals surface area contributed by atoms with Crippen molar-refractivity contribution in [3.8, 4) is 11.5 Å². The third kappa shape index (κ3) is 10.5. The molecule has 0 aromatic heterocycles.